The van der Waals surface area contributed by atoms with Crippen molar-refractivity contribution in [2.45, 2.75) is 0 Å². The Morgan fingerprint density at radius 2 is 1.20 bits per heavy atom. The maximum absolute atomic E-state index is 14.3. The zero-order valence-electron chi connectivity index (χ0n) is 12.8. The lowest BCUT2D eigenvalue weighted by Crippen LogP contribution is -2.68. The molecule has 0 saturated carbocycles. The van der Waals surface area contributed by atoms with Crippen LogP contribution in [0, 0.1) is 0 Å². The van der Waals surface area contributed by atoms with Gasteiger partial charge in [-0.15, -0.1) is 0 Å². The SMILES string of the molecule is BBB(F)BB(F)B(B(F)BB)B(F)B(B)B(F)BB. The van der Waals surface area contributed by atoms with Crippen molar-refractivity contribution in [3.8, 4) is 0 Å². The second kappa shape index (κ2) is 10.4. The van der Waals surface area contributed by atoms with Crippen LogP contribution in [0.4, 0.5) is 21.6 Å². The highest BCUT2D eigenvalue weighted by Crippen LogP contribution is 2.08. The van der Waals surface area contributed by atoms with Gasteiger partial charge in [0.2, 0.25) is 6.77 Å². The minimum absolute atomic E-state index is 0.0651. The van der Waals surface area contributed by atoms with Gasteiger partial charge in [-0.2, -0.15) is 0 Å². The lowest BCUT2D eigenvalue weighted by molar-refractivity contribution is 0.861. The van der Waals surface area contributed by atoms with Gasteiger partial charge in [0, 0.05) is 0 Å². The second-order valence-electron chi connectivity index (χ2n) is 5.49. The first-order chi connectivity index (χ1) is 9.29. The van der Waals surface area contributed by atoms with Crippen LogP contribution in [0.15, 0.2) is 0 Å². The van der Waals surface area contributed by atoms with Gasteiger partial charge in [0.15, 0.2) is 6.39 Å². The van der Waals surface area contributed by atoms with E-state index in [1.54, 1.807) is 15.5 Å². The summed E-state index contributed by atoms with van der Waals surface area (Å²) in [5.41, 5.74) is 0. The molecule has 0 N–H and O–H groups in total. The van der Waals surface area contributed by atoms with Crippen molar-refractivity contribution in [1.29, 1.82) is 0 Å². The van der Waals surface area contributed by atoms with Crippen molar-refractivity contribution < 1.29 is 21.6 Å². The largest absolute Gasteiger partial charge is 0.360 e. The third kappa shape index (κ3) is 6.17. The molecule has 20 heteroatoms. The summed E-state index contributed by atoms with van der Waals surface area (Å²) in [5, 5.41) is 0. The third-order valence-corrected chi connectivity index (χ3v) is 3.98. The smallest absolute Gasteiger partial charge is 0.257 e. The minimum atomic E-state index is -1.95. The standard InChI is InChI=1S/B15F5H12/c1-5-10(16)8-13(19)14(12(18)7-3)15(20)9(4)11(17)6-2/h5-8H,1-4H2. The Morgan fingerprint density at radius 1 is 0.700 bits per heavy atom. The first kappa shape index (κ1) is 20.6. The molecular weight excluding hydrogens is 257 g/mol. The highest BCUT2D eigenvalue weighted by molar-refractivity contribution is 7.98. The Bertz CT molecular complexity index is 248. The summed E-state index contributed by atoms with van der Waals surface area (Å²) in [7, 11) is 5.48. The first-order valence-electron chi connectivity index (χ1n) is 7.50. The molecule has 0 saturated heterocycles. The van der Waals surface area contributed by atoms with E-state index in [0.717, 1.165) is 0 Å². The number of hydrogen-bond acceptors (Lipinski definition) is 0. The maximum Gasteiger partial charge on any atom is 0.257 e. The summed E-state index contributed by atoms with van der Waals surface area (Å²) < 4.78 is 69.0. The van der Waals surface area contributed by atoms with E-state index in [-0.39, 0.29) is 21.2 Å². The van der Waals surface area contributed by atoms with E-state index in [1.807, 2.05) is 0 Å². The monoisotopic (exact) mass is 272 g/mol. The Balaban J connectivity index is 4.95. The lowest BCUT2D eigenvalue weighted by Gasteiger charge is -2.22. The van der Waals surface area contributed by atoms with E-state index < -0.39 is 53.7 Å². The minimum Gasteiger partial charge on any atom is -0.360 e. The summed E-state index contributed by atoms with van der Waals surface area (Å²) in [4.78, 5) is 0. The fourth-order valence-electron chi connectivity index (χ4n) is 2.39. The number of hydrogen-bond donors (Lipinski definition) is 0. The quantitative estimate of drug-likeness (QED) is 0.273. The second-order valence-corrected chi connectivity index (χ2v) is 5.49. The van der Waals surface area contributed by atoms with Gasteiger partial charge < -0.3 is 21.6 Å². The van der Waals surface area contributed by atoms with Crippen LogP contribution in [-0.2, 0) is 0 Å². The Labute approximate surface area is 128 Å². The summed E-state index contributed by atoms with van der Waals surface area (Å²) in [6.07, 6.45) is -2.68. The van der Waals surface area contributed by atoms with Gasteiger partial charge in [0.1, 0.15) is 13.4 Å². The Morgan fingerprint density at radius 3 is 1.60 bits per heavy atom. The van der Waals surface area contributed by atoms with Gasteiger partial charge in [-0.25, -0.2) is 0 Å². The molecule has 0 nitrogen and oxygen atoms in total. The molecule has 92 valence electrons. The van der Waals surface area contributed by atoms with Gasteiger partial charge in [-0.05, 0) is 0 Å². The summed E-state index contributed by atoms with van der Waals surface area (Å²) in [5.74, 6) is 0. The van der Waals surface area contributed by atoms with E-state index in [4.69, 9.17) is 0 Å². The highest BCUT2D eigenvalue weighted by atomic mass is 19.1. The average Bonchev–Trinajstić information content (AvgIpc) is 2.44. The fraction of sp³-hybridized carbons (Fsp3) is 0. The molecule has 0 spiro atoms. The van der Waals surface area contributed by atoms with E-state index >= 15 is 0 Å². The number of halogens is 5. The molecule has 0 radical (unpaired) electrons. The van der Waals surface area contributed by atoms with Gasteiger partial charge in [0.25, 0.3) is 27.1 Å². The van der Waals surface area contributed by atoms with Gasteiger partial charge in [-0.3, -0.25) is 0 Å². The average molecular weight is 269 g/mol. The zero-order valence-corrected chi connectivity index (χ0v) is 12.8. The van der Waals surface area contributed by atoms with Crippen LogP contribution < -0.4 is 0 Å². The van der Waals surface area contributed by atoms with Crippen molar-refractivity contribution >= 4 is 106 Å². The Kier molecular flexibility index (Phi) is 10.7. The van der Waals surface area contributed by atoms with Crippen molar-refractivity contribution in [2.24, 2.45) is 0 Å². The Hall–Kier alpha value is 0.624. The van der Waals surface area contributed by atoms with Gasteiger partial charge in [-0.1, -0.05) is 0 Å². The molecule has 0 amide bonds. The maximum atomic E-state index is 14.3. The van der Waals surface area contributed by atoms with Crippen molar-refractivity contribution in [2.75, 3.05) is 0 Å². The van der Waals surface area contributed by atoms with Crippen LogP contribution in [0.2, 0.25) is 0 Å². The van der Waals surface area contributed by atoms with Gasteiger partial charge >= 0.3 is 0 Å². The molecule has 0 bridgehead atoms. The topological polar surface area (TPSA) is 0 Å². The fourth-order valence-corrected chi connectivity index (χ4v) is 2.39. The summed E-state index contributed by atoms with van der Waals surface area (Å²) >= 11 is 0. The van der Waals surface area contributed by atoms with E-state index in [0.29, 0.717) is 0 Å². The highest BCUT2D eigenvalue weighted by Gasteiger charge is 2.52. The van der Waals surface area contributed by atoms with E-state index in [1.165, 1.54) is 15.5 Å². The predicted molar refractivity (Wildman–Crippen MR) is 109 cm³/mol. The third-order valence-electron chi connectivity index (χ3n) is 3.98. The summed E-state index contributed by atoms with van der Waals surface area (Å²) in [6.45, 7) is -8.47. The molecule has 0 aliphatic heterocycles. The van der Waals surface area contributed by atoms with Crippen molar-refractivity contribution in [3.63, 3.8) is 0 Å². The van der Waals surface area contributed by atoms with Crippen molar-refractivity contribution in [3.05, 3.63) is 0 Å². The normalized spacial score (nSPS) is 9.05. The summed E-state index contributed by atoms with van der Waals surface area (Å²) in [6, 6.07) is 0. The molecule has 0 aromatic carbocycles. The van der Waals surface area contributed by atoms with E-state index in [9.17, 15) is 21.6 Å². The molecule has 0 aromatic rings. The molecular formula is H12B15F5. The molecule has 0 rings (SSSR count). The predicted octanol–water partition coefficient (Wildman–Crippen LogP) is -6.82. The van der Waals surface area contributed by atoms with Crippen LogP contribution >= 0.6 is 0 Å². The van der Waals surface area contributed by atoms with Crippen LogP contribution in [-0.4, -0.2) is 106 Å². The van der Waals surface area contributed by atoms with Crippen LogP contribution in [0.1, 0.15) is 0 Å². The van der Waals surface area contributed by atoms with Crippen LogP contribution in [0.25, 0.3) is 0 Å². The first-order valence-corrected chi connectivity index (χ1v) is 7.50. The molecule has 0 unspecified atom stereocenters. The molecule has 20 heavy (non-hydrogen) atoms. The molecule has 0 aromatic heterocycles. The van der Waals surface area contributed by atoms with Crippen LogP contribution in [0.5, 0.6) is 0 Å². The molecule has 0 heterocycles. The van der Waals surface area contributed by atoms with Crippen molar-refractivity contribution in [1.82, 2.24) is 0 Å². The zero-order chi connectivity index (χ0) is 15.9. The van der Waals surface area contributed by atoms with Crippen LogP contribution in [0.3, 0.4) is 0 Å². The van der Waals surface area contributed by atoms with Gasteiger partial charge in [0.05, 0.1) is 52.1 Å². The van der Waals surface area contributed by atoms with E-state index in [2.05, 4.69) is 0 Å². The molecule has 0 atom stereocenters. The molecule has 0 fully saturated rings. The lowest BCUT2D eigenvalue weighted by atomic mass is 8.62. The molecule has 0 aliphatic carbocycles. The number of rotatable bonds is 10. The molecule has 0 aliphatic rings.